The van der Waals surface area contributed by atoms with Gasteiger partial charge in [-0.1, -0.05) is 288 Å². The zero-order valence-electron chi connectivity index (χ0n) is 74.0. The molecule has 5 heteroatoms. The zero-order valence-corrected chi connectivity index (χ0v) is 74.0. The third-order valence-electron chi connectivity index (χ3n) is 29.6. The maximum atomic E-state index is 7.39. The van der Waals surface area contributed by atoms with Crippen molar-refractivity contribution in [2.24, 2.45) is 0 Å². The summed E-state index contributed by atoms with van der Waals surface area (Å²) in [5.41, 5.74) is 31.8. The van der Waals surface area contributed by atoms with Crippen LogP contribution in [-0.4, -0.2) is 17.8 Å². The molecule has 0 atom stereocenters. The van der Waals surface area contributed by atoms with Gasteiger partial charge in [0.2, 0.25) is 0 Å². The van der Waals surface area contributed by atoms with Gasteiger partial charge < -0.3 is 17.8 Å². The van der Waals surface area contributed by atoms with E-state index in [1.165, 1.54) is 268 Å². The van der Waals surface area contributed by atoms with Crippen molar-refractivity contribution in [2.75, 3.05) is 0 Å². The van der Waals surface area contributed by atoms with E-state index < -0.39 is 0 Å². The van der Waals surface area contributed by atoms with E-state index >= 15 is 0 Å². The Labute approximate surface area is 747 Å². The maximum Gasteiger partial charge on any atom is 0.187 e. The standard InChI is InChI=1S/C44H34N2.C41H27N.C39H30N2/c1-25(2)27-13-15-29-21-42-36(19-31(29)17-27)38-23-33(45-40-11-7-5-9-34(40)35-10-6-8-12-41(35)45)24-39-37-20-32-18-28(26(3)4)14-16-30(32)22-43(37)46(42)44(38)39;1-41(2)36-14-8-7-13-30(36)31-16-15-28(21-37(31)41)29-19-34-32-17-24-9-3-5-11-26(24)22-38(32)42-39-23-27-12-6-4-10-25(27)18-33(39)35(20-29)40(34)42;1-22(2)25-6-8-27-20-37-33(16-29(27)14-25)35-18-31(24-10-12-32(40-5)13-11-24)19-36-34-17-30-15-26(23(3)4)7-9-28(30)21-38(34)41(37)39(35)36/h5-26H,1-4H3;3-23H,1-2H3;6-23H,1-4H3. The second kappa shape index (κ2) is 27.6. The van der Waals surface area contributed by atoms with E-state index in [1.807, 2.05) is 12.1 Å². The lowest BCUT2D eigenvalue weighted by atomic mass is 9.81. The SMILES string of the molecule is CC(C)c1ccc2cc3c(cc2c1)c1cc(-n2c4ccccc4c4ccccc42)cc2c4cc5cc(C(C)C)ccc5cc4n3c12.CC1(C)c2ccccc2-c2ccc(-c3cc4c5cc6ccccc6cc5n5c6cc7ccccc7cc6c(c3)c45)cc21.[C-]#[N+]c1ccc(-c2cc3c4cc5cc(C(C)C)ccc5cc4n4c5cc6ccc(C(C)C)cc6cc5c(c2)c34)cc1. The van der Waals surface area contributed by atoms with Gasteiger partial charge in [0, 0.05) is 86.5 Å². The lowest BCUT2D eigenvalue weighted by Crippen LogP contribution is -2.14. The molecule has 1 aliphatic carbocycles. The summed E-state index contributed by atoms with van der Waals surface area (Å²) in [5.74, 6) is 1.96. The van der Waals surface area contributed by atoms with Crippen LogP contribution >= 0.6 is 0 Å². The Bertz CT molecular complexity index is 9110. The van der Waals surface area contributed by atoms with Gasteiger partial charge in [-0.2, -0.15) is 0 Å². The summed E-state index contributed by atoms with van der Waals surface area (Å²) >= 11 is 0. The van der Waals surface area contributed by atoms with Crippen molar-refractivity contribution in [3.05, 3.63) is 391 Å². The van der Waals surface area contributed by atoms with Crippen LogP contribution in [-0.2, 0) is 5.41 Å². The van der Waals surface area contributed by atoms with Crippen LogP contribution in [0.2, 0.25) is 0 Å². The molecule has 0 bridgehead atoms. The van der Waals surface area contributed by atoms with Crippen LogP contribution in [0.1, 0.15) is 126 Å². The van der Waals surface area contributed by atoms with Crippen molar-refractivity contribution < 1.29 is 0 Å². The molecule has 20 aromatic carbocycles. The highest BCUT2D eigenvalue weighted by atomic mass is 15.0. The summed E-state index contributed by atoms with van der Waals surface area (Å²) in [6.45, 7) is 30.3. The van der Waals surface area contributed by atoms with Crippen molar-refractivity contribution in [2.45, 2.75) is 98.3 Å². The highest BCUT2D eigenvalue weighted by Crippen LogP contribution is 2.53. The Hall–Kier alpha value is -15.4. The number of rotatable bonds is 7. The zero-order chi connectivity index (χ0) is 86.6. The van der Waals surface area contributed by atoms with E-state index in [0.29, 0.717) is 29.4 Å². The topological polar surface area (TPSA) is 22.5 Å². The van der Waals surface area contributed by atoms with Crippen molar-refractivity contribution in [3.8, 4) is 39.1 Å². The van der Waals surface area contributed by atoms with Gasteiger partial charge in [-0.25, -0.2) is 4.85 Å². The van der Waals surface area contributed by atoms with Gasteiger partial charge in [-0.3, -0.25) is 0 Å². The Morgan fingerprint density at radius 3 is 0.899 bits per heavy atom. The number of para-hydroxylation sites is 2. The number of aromatic nitrogens is 4. The number of nitrogens with zero attached hydrogens (tertiary/aromatic N) is 5. The van der Waals surface area contributed by atoms with Crippen LogP contribution in [0.3, 0.4) is 0 Å². The quantitative estimate of drug-likeness (QED) is 0.142. The van der Waals surface area contributed by atoms with E-state index in [2.05, 4.69) is 426 Å². The molecule has 7 heterocycles. The van der Waals surface area contributed by atoms with Gasteiger partial charge in [0.25, 0.3) is 0 Å². The van der Waals surface area contributed by atoms with Crippen LogP contribution in [0, 0.1) is 6.57 Å². The minimum absolute atomic E-state index is 0.0245. The Morgan fingerprint density at radius 1 is 0.225 bits per heavy atom. The summed E-state index contributed by atoms with van der Waals surface area (Å²) in [6, 6.07) is 130. The first kappa shape index (κ1) is 75.0. The Morgan fingerprint density at radius 2 is 0.527 bits per heavy atom. The third-order valence-corrected chi connectivity index (χ3v) is 29.6. The van der Waals surface area contributed by atoms with Crippen molar-refractivity contribution in [1.82, 2.24) is 17.8 Å². The molecule has 0 N–H and O–H groups in total. The van der Waals surface area contributed by atoms with E-state index in [-0.39, 0.29) is 5.41 Å². The van der Waals surface area contributed by atoms with Gasteiger partial charge >= 0.3 is 0 Å². The summed E-state index contributed by atoms with van der Waals surface area (Å²) < 4.78 is 10.0. The molecule has 0 saturated carbocycles. The molecule has 28 rings (SSSR count). The molecule has 5 nitrogen and oxygen atoms in total. The van der Waals surface area contributed by atoms with Crippen molar-refractivity contribution in [3.63, 3.8) is 0 Å². The fraction of sp³-hybridized carbons (Fsp3) is 0.121. The van der Waals surface area contributed by atoms with E-state index in [1.54, 1.807) is 0 Å². The molecular weight excluding hydrogens is 1560 g/mol. The lowest BCUT2D eigenvalue weighted by Gasteiger charge is -2.22. The molecule has 27 aromatic rings. The summed E-state index contributed by atoms with van der Waals surface area (Å²) in [7, 11) is 0. The maximum absolute atomic E-state index is 7.39. The molecule has 0 saturated heterocycles. The fourth-order valence-electron chi connectivity index (χ4n) is 22.7. The fourth-order valence-corrected chi connectivity index (χ4v) is 22.7. The Balaban J connectivity index is 0.000000102. The number of benzene rings is 20. The molecular formula is C124H91N5. The van der Waals surface area contributed by atoms with Crippen LogP contribution in [0.15, 0.2) is 346 Å². The van der Waals surface area contributed by atoms with Gasteiger partial charge in [0.15, 0.2) is 5.69 Å². The largest absolute Gasteiger partial charge is 0.309 e. The van der Waals surface area contributed by atoms with Crippen LogP contribution in [0.4, 0.5) is 5.69 Å². The predicted molar refractivity (Wildman–Crippen MR) is 554 cm³/mol. The molecule has 0 spiro atoms. The van der Waals surface area contributed by atoms with Gasteiger partial charge in [-0.05, 0) is 282 Å². The highest BCUT2D eigenvalue weighted by molar-refractivity contribution is 6.31. The molecule has 7 aromatic heterocycles. The van der Waals surface area contributed by atoms with Crippen LogP contribution in [0.5, 0.6) is 0 Å². The smallest absolute Gasteiger partial charge is 0.187 e. The lowest BCUT2D eigenvalue weighted by molar-refractivity contribution is 0.660. The summed E-state index contributed by atoms with van der Waals surface area (Å²) in [4.78, 5) is 3.60. The average Bonchev–Trinajstić information content (AvgIpc) is 1.54. The number of hydrogen-bond donors (Lipinski definition) is 0. The minimum atomic E-state index is -0.0245. The van der Waals surface area contributed by atoms with Gasteiger partial charge in [0.05, 0.1) is 67.3 Å². The van der Waals surface area contributed by atoms with E-state index in [4.69, 9.17) is 6.57 Å². The molecule has 129 heavy (non-hydrogen) atoms. The van der Waals surface area contributed by atoms with Crippen molar-refractivity contribution in [1.29, 1.82) is 0 Å². The van der Waals surface area contributed by atoms with E-state index in [0.717, 1.165) is 5.56 Å². The molecule has 0 radical (unpaired) electrons. The highest BCUT2D eigenvalue weighted by Gasteiger charge is 2.36. The molecule has 0 amide bonds. The summed E-state index contributed by atoms with van der Waals surface area (Å²) in [5, 5.41) is 33.7. The first-order chi connectivity index (χ1) is 62.9. The minimum Gasteiger partial charge on any atom is -0.309 e. The molecule has 1 aliphatic rings. The summed E-state index contributed by atoms with van der Waals surface area (Å²) in [6.07, 6.45) is 0. The molecule has 0 unspecified atom stereocenters. The second-order valence-electron chi connectivity index (χ2n) is 38.7. The van der Waals surface area contributed by atoms with Crippen LogP contribution < -0.4 is 0 Å². The van der Waals surface area contributed by atoms with Crippen molar-refractivity contribution >= 4 is 206 Å². The molecule has 0 fully saturated rings. The first-order valence-corrected chi connectivity index (χ1v) is 45.9. The third kappa shape index (κ3) is 11.1. The molecule has 612 valence electrons. The second-order valence-corrected chi connectivity index (χ2v) is 38.7. The van der Waals surface area contributed by atoms with E-state index in [9.17, 15) is 0 Å². The number of fused-ring (bicyclic) bond motifs is 30. The van der Waals surface area contributed by atoms with Gasteiger partial charge in [-0.15, -0.1) is 0 Å². The monoisotopic (exact) mass is 1650 g/mol. The predicted octanol–water partition coefficient (Wildman–Crippen LogP) is 35.2. The first-order valence-electron chi connectivity index (χ1n) is 45.9. The van der Waals surface area contributed by atoms with Gasteiger partial charge in [0.1, 0.15) is 0 Å². The number of hydrogen-bond acceptors (Lipinski definition) is 0. The van der Waals surface area contributed by atoms with Crippen LogP contribution in [0.25, 0.3) is 245 Å². The normalized spacial score (nSPS) is 13.1. The Kier molecular flexibility index (Phi) is 16.0. The average molecular weight is 1650 g/mol. The molecule has 0 aliphatic heterocycles.